The molecule has 1 amide bonds. The molecule has 0 atom stereocenters. The lowest BCUT2D eigenvalue weighted by Gasteiger charge is -2.21. The monoisotopic (exact) mass is 258 g/mol. The Bertz CT molecular complexity index is 446. The van der Waals surface area contributed by atoms with Gasteiger partial charge in [0.1, 0.15) is 5.82 Å². The van der Waals surface area contributed by atoms with E-state index in [0.29, 0.717) is 10.6 Å². The van der Waals surface area contributed by atoms with Crippen LogP contribution >= 0.6 is 11.6 Å². The Morgan fingerprint density at radius 1 is 1.53 bits per heavy atom. The molecule has 0 saturated carbocycles. The van der Waals surface area contributed by atoms with Gasteiger partial charge in [0.2, 0.25) is 5.91 Å². The minimum Gasteiger partial charge on any atom is -0.329 e. The first-order valence-electron chi connectivity index (χ1n) is 5.25. The number of hydrogen-bond donors (Lipinski definition) is 2. The van der Waals surface area contributed by atoms with Gasteiger partial charge in [-0.2, -0.15) is 0 Å². The zero-order chi connectivity index (χ0) is 13.2. The average Bonchev–Trinajstić information content (AvgIpc) is 2.25. The Labute approximate surface area is 105 Å². The van der Waals surface area contributed by atoms with E-state index in [1.165, 1.54) is 12.1 Å². The third kappa shape index (κ3) is 3.17. The maximum Gasteiger partial charge on any atom is 0.231 e. The van der Waals surface area contributed by atoms with Crippen molar-refractivity contribution in [3.63, 3.8) is 0 Å². The molecular weight excluding hydrogens is 243 g/mol. The second-order valence-electron chi connectivity index (χ2n) is 4.62. The number of anilines is 1. The summed E-state index contributed by atoms with van der Waals surface area (Å²) in [6, 6.07) is 2.68. The lowest BCUT2D eigenvalue weighted by molar-refractivity contribution is -0.123. The topological polar surface area (TPSA) is 55.1 Å². The van der Waals surface area contributed by atoms with Crippen molar-refractivity contribution in [3.05, 3.63) is 28.5 Å². The first-order chi connectivity index (χ1) is 7.77. The van der Waals surface area contributed by atoms with Crippen LogP contribution in [0.1, 0.15) is 19.4 Å². The number of rotatable bonds is 3. The van der Waals surface area contributed by atoms with Gasteiger partial charge in [-0.05, 0) is 38.5 Å². The van der Waals surface area contributed by atoms with Crippen LogP contribution in [0.2, 0.25) is 5.02 Å². The van der Waals surface area contributed by atoms with Gasteiger partial charge in [0, 0.05) is 6.54 Å². The molecule has 0 aromatic heterocycles. The Morgan fingerprint density at radius 2 is 2.12 bits per heavy atom. The van der Waals surface area contributed by atoms with Crippen molar-refractivity contribution in [2.75, 3.05) is 11.9 Å². The normalized spacial score (nSPS) is 11.4. The van der Waals surface area contributed by atoms with Crippen LogP contribution in [0.3, 0.4) is 0 Å². The van der Waals surface area contributed by atoms with Crippen molar-refractivity contribution in [2.45, 2.75) is 20.8 Å². The van der Waals surface area contributed by atoms with Gasteiger partial charge in [0.05, 0.1) is 16.1 Å². The molecule has 0 saturated heterocycles. The van der Waals surface area contributed by atoms with Gasteiger partial charge in [0.25, 0.3) is 0 Å². The fraction of sp³-hybridized carbons (Fsp3) is 0.417. The van der Waals surface area contributed by atoms with Crippen molar-refractivity contribution >= 4 is 23.2 Å². The number of benzene rings is 1. The number of carbonyl (C=O) groups is 1. The first-order valence-corrected chi connectivity index (χ1v) is 5.63. The van der Waals surface area contributed by atoms with Crippen molar-refractivity contribution in [3.8, 4) is 0 Å². The summed E-state index contributed by atoms with van der Waals surface area (Å²) in [7, 11) is 0. The summed E-state index contributed by atoms with van der Waals surface area (Å²) in [5.41, 5.74) is 5.47. The van der Waals surface area contributed by atoms with E-state index in [4.69, 9.17) is 17.3 Å². The van der Waals surface area contributed by atoms with E-state index < -0.39 is 11.2 Å². The smallest absolute Gasteiger partial charge is 0.231 e. The summed E-state index contributed by atoms with van der Waals surface area (Å²) in [5, 5.41) is 2.89. The van der Waals surface area contributed by atoms with Gasteiger partial charge in [0.15, 0.2) is 0 Å². The van der Waals surface area contributed by atoms with E-state index >= 15 is 0 Å². The van der Waals surface area contributed by atoms with Crippen LogP contribution in [-0.4, -0.2) is 12.5 Å². The van der Waals surface area contributed by atoms with Crippen LogP contribution < -0.4 is 11.1 Å². The molecule has 1 rings (SSSR count). The van der Waals surface area contributed by atoms with E-state index in [9.17, 15) is 9.18 Å². The standard InChI is InChI=1S/C12H16ClFN2O/c1-7-4-8(13)10(5-9(7)14)16-11(17)12(2,3)6-15/h4-5H,6,15H2,1-3H3,(H,16,17). The number of hydrogen-bond acceptors (Lipinski definition) is 2. The van der Waals surface area contributed by atoms with Gasteiger partial charge in [-0.3, -0.25) is 4.79 Å². The zero-order valence-electron chi connectivity index (χ0n) is 10.1. The highest BCUT2D eigenvalue weighted by atomic mass is 35.5. The number of nitrogens with two attached hydrogens (primary N) is 1. The molecule has 17 heavy (non-hydrogen) atoms. The molecular formula is C12H16ClFN2O. The van der Waals surface area contributed by atoms with Crippen LogP contribution in [0.25, 0.3) is 0 Å². The predicted octanol–water partition coefficient (Wildman–Crippen LogP) is 2.71. The van der Waals surface area contributed by atoms with Crippen LogP contribution in [-0.2, 0) is 4.79 Å². The number of carbonyl (C=O) groups excluding carboxylic acids is 1. The largest absolute Gasteiger partial charge is 0.329 e. The molecule has 0 heterocycles. The van der Waals surface area contributed by atoms with Crippen LogP contribution in [0.15, 0.2) is 12.1 Å². The van der Waals surface area contributed by atoms with Crippen molar-refractivity contribution in [1.29, 1.82) is 0 Å². The van der Waals surface area contributed by atoms with Crippen LogP contribution in [0, 0.1) is 18.2 Å². The number of nitrogens with one attached hydrogen (secondary N) is 1. The molecule has 0 radical (unpaired) electrons. The molecule has 1 aromatic carbocycles. The maximum absolute atomic E-state index is 13.4. The number of aryl methyl sites for hydroxylation is 1. The molecule has 0 aliphatic carbocycles. The van der Waals surface area contributed by atoms with E-state index in [2.05, 4.69) is 5.32 Å². The summed E-state index contributed by atoms with van der Waals surface area (Å²) >= 11 is 5.93. The zero-order valence-corrected chi connectivity index (χ0v) is 10.9. The lowest BCUT2D eigenvalue weighted by atomic mass is 9.92. The van der Waals surface area contributed by atoms with E-state index in [0.717, 1.165) is 0 Å². The third-order valence-corrected chi connectivity index (χ3v) is 2.93. The Balaban J connectivity index is 2.97. The highest BCUT2D eigenvalue weighted by Gasteiger charge is 2.26. The first kappa shape index (κ1) is 13.9. The molecule has 0 fully saturated rings. The molecule has 0 bridgehead atoms. The molecule has 0 unspecified atom stereocenters. The molecule has 3 nitrogen and oxygen atoms in total. The van der Waals surface area contributed by atoms with Crippen LogP contribution in [0.5, 0.6) is 0 Å². The Morgan fingerprint density at radius 3 is 2.65 bits per heavy atom. The SMILES string of the molecule is Cc1cc(Cl)c(NC(=O)C(C)(C)CN)cc1F. The van der Waals surface area contributed by atoms with Gasteiger partial charge in [-0.1, -0.05) is 11.6 Å². The Hall–Kier alpha value is -1.13. The highest BCUT2D eigenvalue weighted by Crippen LogP contribution is 2.27. The molecule has 1 aromatic rings. The summed E-state index contributed by atoms with van der Waals surface area (Å²) < 4.78 is 13.4. The second-order valence-corrected chi connectivity index (χ2v) is 5.03. The fourth-order valence-corrected chi connectivity index (χ4v) is 1.39. The van der Waals surface area contributed by atoms with E-state index in [1.54, 1.807) is 20.8 Å². The van der Waals surface area contributed by atoms with Crippen molar-refractivity contribution < 1.29 is 9.18 Å². The summed E-state index contributed by atoms with van der Waals surface area (Å²) in [5.74, 6) is -0.694. The summed E-state index contributed by atoms with van der Waals surface area (Å²) in [6.07, 6.45) is 0. The summed E-state index contributed by atoms with van der Waals surface area (Å²) in [6.45, 7) is 5.23. The third-order valence-electron chi connectivity index (χ3n) is 2.62. The Kier molecular flexibility index (Phi) is 4.11. The molecule has 0 spiro atoms. The highest BCUT2D eigenvalue weighted by molar-refractivity contribution is 6.33. The van der Waals surface area contributed by atoms with Gasteiger partial charge in [-0.15, -0.1) is 0 Å². The summed E-state index contributed by atoms with van der Waals surface area (Å²) in [4.78, 5) is 11.8. The molecule has 0 aliphatic heterocycles. The van der Waals surface area contributed by atoms with Gasteiger partial charge in [-0.25, -0.2) is 4.39 Å². The average molecular weight is 259 g/mol. The maximum atomic E-state index is 13.4. The second kappa shape index (κ2) is 5.02. The van der Waals surface area contributed by atoms with Crippen molar-refractivity contribution in [1.82, 2.24) is 0 Å². The molecule has 0 aliphatic rings. The van der Waals surface area contributed by atoms with E-state index in [-0.39, 0.29) is 18.1 Å². The quantitative estimate of drug-likeness (QED) is 0.876. The molecule has 3 N–H and O–H groups in total. The minimum atomic E-state index is -0.718. The minimum absolute atomic E-state index is 0.199. The molecule has 5 heteroatoms. The lowest BCUT2D eigenvalue weighted by Crippen LogP contribution is -2.37. The fourth-order valence-electron chi connectivity index (χ4n) is 1.13. The number of halogens is 2. The predicted molar refractivity (Wildman–Crippen MR) is 67.6 cm³/mol. The van der Waals surface area contributed by atoms with Crippen molar-refractivity contribution in [2.24, 2.45) is 11.1 Å². The molecule has 94 valence electrons. The number of amides is 1. The van der Waals surface area contributed by atoms with Gasteiger partial charge < -0.3 is 11.1 Å². The van der Waals surface area contributed by atoms with E-state index in [1.807, 2.05) is 0 Å². The van der Waals surface area contributed by atoms with Crippen LogP contribution in [0.4, 0.5) is 10.1 Å². The van der Waals surface area contributed by atoms with Gasteiger partial charge >= 0.3 is 0 Å².